The monoisotopic (exact) mass is 654 g/mol. The topological polar surface area (TPSA) is 99.7 Å². The Labute approximate surface area is 273 Å². The summed E-state index contributed by atoms with van der Waals surface area (Å²) in [6, 6.07) is 29.0. The van der Waals surface area contributed by atoms with E-state index in [2.05, 4.69) is 0 Å². The van der Waals surface area contributed by atoms with E-state index in [1.54, 1.807) is 72.8 Å². The SMILES string of the molecule is O=C1[C@@H]2[C@@H]([C@H]3[C@H]4C(=O)N(c5ccc(Cl)cc5)C(=O)[C@@H]4ON3c3ccccc3)N(c3ccccc3)O[C@@H]2C(=O)N1c1ccc(Cl)cc1. The van der Waals surface area contributed by atoms with E-state index in [0.29, 0.717) is 32.8 Å². The van der Waals surface area contributed by atoms with Gasteiger partial charge in [0.1, 0.15) is 11.8 Å². The minimum atomic E-state index is -1.19. The summed E-state index contributed by atoms with van der Waals surface area (Å²) in [6.07, 6.45) is -2.38. The zero-order valence-corrected chi connectivity index (χ0v) is 25.4. The number of hydrogen-bond acceptors (Lipinski definition) is 8. The molecule has 0 aromatic heterocycles. The van der Waals surface area contributed by atoms with Crippen molar-refractivity contribution in [3.63, 3.8) is 0 Å². The van der Waals surface area contributed by atoms with Crippen LogP contribution in [-0.4, -0.2) is 47.9 Å². The Balaban J connectivity index is 1.27. The van der Waals surface area contributed by atoms with Crippen LogP contribution in [0.15, 0.2) is 109 Å². The summed E-state index contributed by atoms with van der Waals surface area (Å²) in [5.41, 5.74) is 1.85. The third kappa shape index (κ3) is 4.33. The predicted molar refractivity (Wildman–Crippen MR) is 170 cm³/mol. The molecule has 4 aromatic rings. The molecule has 0 bridgehead atoms. The number of halogens is 2. The third-order valence-corrected chi connectivity index (χ3v) is 9.37. The van der Waals surface area contributed by atoms with Gasteiger partial charge in [0.05, 0.1) is 34.8 Å². The van der Waals surface area contributed by atoms with E-state index in [-0.39, 0.29) is 0 Å². The molecule has 0 saturated carbocycles. The lowest BCUT2D eigenvalue weighted by Gasteiger charge is -2.37. The lowest BCUT2D eigenvalue weighted by atomic mass is 9.82. The van der Waals surface area contributed by atoms with Crippen LogP contribution in [0, 0.1) is 11.8 Å². The van der Waals surface area contributed by atoms with Crippen LogP contribution in [-0.2, 0) is 28.9 Å². The van der Waals surface area contributed by atoms with Crippen LogP contribution in [0.5, 0.6) is 0 Å². The second-order valence-electron chi connectivity index (χ2n) is 11.4. The normalized spacial score (nSPS) is 27.2. The summed E-state index contributed by atoms with van der Waals surface area (Å²) >= 11 is 12.2. The van der Waals surface area contributed by atoms with Crippen LogP contribution >= 0.6 is 23.2 Å². The van der Waals surface area contributed by atoms with Gasteiger partial charge in [0.2, 0.25) is 11.8 Å². The molecule has 6 atom stereocenters. The van der Waals surface area contributed by atoms with Crippen molar-refractivity contribution in [2.45, 2.75) is 24.3 Å². The highest BCUT2D eigenvalue weighted by molar-refractivity contribution is 6.31. The summed E-state index contributed by atoms with van der Waals surface area (Å²) in [6.45, 7) is 0. The van der Waals surface area contributed by atoms with Gasteiger partial charge in [-0.2, -0.15) is 0 Å². The van der Waals surface area contributed by atoms with E-state index >= 15 is 0 Å². The maximum absolute atomic E-state index is 14.4. The van der Waals surface area contributed by atoms with Gasteiger partial charge >= 0.3 is 0 Å². The molecule has 4 aromatic carbocycles. The van der Waals surface area contributed by atoms with Crippen LogP contribution in [0.1, 0.15) is 0 Å². The fraction of sp³-hybridized carbons (Fsp3) is 0.176. The van der Waals surface area contributed by atoms with Crippen molar-refractivity contribution < 1.29 is 28.9 Å². The number of carbonyl (C=O) groups excluding carboxylic acids is 4. The average Bonchev–Trinajstić information content (AvgIpc) is 3.78. The molecule has 0 radical (unpaired) electrons. The quantitative estimate of drug-likeness (QED) is 0.276. The Morgan fingerprint density at radius 2 is 0.783 bits per heavy atom. The molecule has 0 unspecified atom stereocenters. The largest absolute Gasteiger partial charge is 0.273 e. The highest BCUT2D eigenvalue weighted by Crippen LogP contribution is 2.49. The highest BCUT2D eigenvalue weighted by atomic mass is 35.5. The van der Waals surface area contributed by atoms with Crippen molar-refractivity contribution in [3.8, 4) is 0 Å². The van der Waals surface area contributed by atoms with Gasteiger partial charge in [0.15, 0.2) is 12.2 Å². The minimum absolute atomic E-state index is 0.351. The molecule has 4 aliphatic heterocycles. The second kappa shape index (κ2) is 11.0. The van der Waals surface area contributed by atoms with Crippen LogP contribution < -0.4 is 19.9 Å². The summed E-state index contributed by atoms with van der Waals surface area (Å²) in [4.78, 5) is 71.5. The molecule has 0 aliphatic carbocycles. The number of imide groups is 2. The molecule has 46 heavy (non-hydrogen) atoms. The predicted octanol–water partition coefficient (Wildman–Crippen LogP) is 5.05. The molecule has 10 nitrogen and oxygen atoms in total. The molecule has 4 saturated heterocycles. The molecule has 0 spiro atoms. The summed E-state index contributed by atoms with van der Waals surface area (Å²) in [5, 5.41) is 3.96. The van der Waals surface area contributed by atoms with E-state index < -0.39 is 59.8 Å². The Kier molecular flexibility index (Phi) is 6.84. The number of nitrogens with zero attached hydrogens (tertiary/aromatic N) is 4. The zero-order valence-electron chi connectivity index (χ0n) is 23.9. The van der Waals surface area contributed by atoms with E-state index in [1.807, 2.05) is 36.4 Å². The van der Waals surface area contributed by atoms with Crippen molar-refractivity contribution in [3.05, 3.63) is 119 Å². The fourth-order valence-corrected chi connectivity index (χ4v) is 7.14. The standard InChI is InChI=1S/C34H24Cl2N4O6/c35-19-11-15-21(16-12-19)37-31(41)25-27(39(45-29(25)33(37)43)23-7-3-1-4-8-23)28-26-30(46-40(28)24-9-5-2-6-10-24)34(44)38(32(26)42)22-17-13-20(36)14-18-22/h1-18,25-30H/t25-,26-,27-,28+,29-,30+/m1/s1. The number of hydrogen-bond donors (Lipinski definition) is 0. The van der Waals surface area contributed by atoms with Crippen LogP contribution in [0.2, 0.25) is 10.0 Å². The smallest absolute Gasteiger partial charge is 0.266 e. The van der Waals surface area contributed by atoms with Crippen molar-refractivity contribution in [1.29, 1.82) is 0 Å². The lowest BCUT2D eigenvalue weighted by molar-refractivity contribution is -0.128. The van der Waals surface area contributed by atoms with E-state index in [0.717, 1.165) is 9.80 Å². The Morgan fingerprint density at radius 3 is 1.13 bits per heavy atom. The minimum Gasteiger partial charge on any atom is -0.273 e. The van der Waals surface area contributed by atoms with Gasteiger partial charge in [-0.1, -0.05) is 59.6 Å². The van der Waals surface area contributed by atoms with Crippen molar-refractivity contribution in [1.82, 2.24) is 0 Å². The fourth-order valence-electron chi connectivity index (χ4n) is 6.89. The molecule has 0 N–H and O–H groups in total. The maximum Gasteiger partial charge on any atom is 0.266 e. The van der Waals surface area contributed by atoms with Crippen molar-refractivity contribution >= 4 is 69.6 Å². The van der Waals surface area contributed by atoms with Crippen LogP contribution in [0.25, 0.3) is 0 Å². The summed E-state index contributed by atoms with van der Waals surface area (Å²) in [5.74, 6) is -4.17. The van der Waals surface area contributed by atoms with E-state index in [1.165, 1.54) is 10.1 Å². The first-order chi connectivity index (χ1) is 22.3. The lowest BCUT2D eigenvalue weighted by Crippen LogP contribution is -2.55. The van der Waals surface area contributed by atoms with Crippen molar-refractivity contribution in [2.24, 2.45) is 11.8 Å². The van der Waals surface area contributed by atoms with Crippen LogP contribution in [0.3, 0.4) is 0 Å². The van der Waals surface area contributed by atoms with Gasteiger partial charge in [-0.3, -0.25) is 28.9 Å². The molecule has 4 aliphatic rings. The molecule has 12 heteroatoms. The number of carbonyl (C=O) groups is 4. The molecular formula is C34H24Cl2N4O6. The highest BCUT2D eigenvalue weighted by Gasteiger charge is 2.69. The molecular weight excluding hydrogens is 631 g/mol. The van der Waals surface area contributed by atoms with Crippen LogP contribution in [0.4, 0.5) is 22.7 Å². The third-order valence-electron chi connectivity index (χ3n) is 8.86. The first kappa shape index (κ1) is 28.7. The number of amides is 4. The second-order valence-corrected chi connectivity index (χ2v) is 12.3. The van der Waals surface area contributed by atoms with E-state index in [9.17, 15) is 19.2 Å². The first-order valence-electron chi connectivity index (χ1n) is 14.6. The molecule has 4 heterocycles. The zero-order chi connectivity index (χ0) is 31.7. The average molecular weight is 655 g/mol. The molecule has 230 valence electrons. The van der Waals surface area contributed by atoms with Gasteiger partial charge in [0.25, 0.3) is 11.8 Å². The maximum atomic E-state index is 14.4. The number of benzene rings is 4. The van der Waals surface area contributed by atoms with Gasteiger partial charge < -0.3 is 0 Å². The number of fused-ring (bicyclic) bond motifs is 2. The molecule has 4 amide bonds. The van der Waals surface area contributed by atoms with Crippen molar-refractivity contribution in [2.75, 3.05) is 19.9 Å². The number of para-hydroxylation sites is 2. The van der Waals surface area contributed by atoms with Gasteiger partial charge in [-0.05, 0) is 72.8 Å². The Hall–Kier alpha value is -4.74. The van der Waals surface area contributed by atoms with E-state index in [4.69, 9.17) is 32.9 Å². The molecule has 4 fully saturated rings. The van der Waals surface area contributed by atoms with Gasteiger partial charge in [0, 0.05) is 10.0 Å². The Bertz CT molecular complexity index is 1720. The summed E-state index contributed by atoms with van der Waals surface area (Å²) in [7, 11) is 0. The number of rotatable bonds is 5. The first-order valence-corrected chi connectivity index (χ1v) is 15.4. The number of hydroxylamine groups is 2. The molecule has 8 rings (SSSR count). The summed E-state index contributed by atoms with van der Waals surface area (Å²) < 4.78 is 0. The Morgan fingerprint density at radius 1 is 0.435 bits per heavy atom. The van der Waals surface area contributed by atoms with Gasteiger partial charge in [-0.25, -0.2) is 19.9 Å². The number of anilines is 4. The van der Waals surface area contributed by atoms with Gasteiger partial charge in [-0.15, -0.1) is 0 Å².